The number of sulfonamides is 1. The van der Waals surface area contributed by atoms with Gasteiger partial charge in [-0.3, -0.25) is 14.5 Å². The maximum atomic E-state index is 12.7. The molecule has 3 rings (SSSR count). The molecule has 2 heterocycles. The average Bonchev–Trinajstić information content (AvgIpc) is 3.13. The van der Waals surface area contributed by atoms with Gasteiger partial charge in [0.2, 0.25) is 0 Å². The maximum absolute atomic E-state index is 12.7. The Hall–Kier alpha value is -2.71. The van der Waals surface area contributed by atoms with E-state index in [0.29, 0.717) is 11.4 Å². The topological polar surface area (TPSA) is 88.2 Å². The number of aryl methyl sites for hydroxylation is 1. The van der Waals surface area contributed by atoms with E-state index in [9.17, 15) is 13.2 Å². The number of aromatic nitrogens is 1. The molecule has 1 aromatic carbocycles. The first-order chi connectivity index (χ1) is 12.5. The number of nitrogens with zero attached hydrogens (tertiary/aromatic N) is 1. The van der Waals surface area contributed by atoms with E-state index < -0.39 is 15.9 Å². The SMILES string of the molecule is Cc1ccc(NS(=O)(=O)c2ccsc2C(=O)NCc2ccccn2)cc1. The Morgan fingerprint density at radius 1 is 1.12 bits per heavy atom. The molecule has 0 bridgehead atoms. The molecule has 3 aromatic rings. The van der Waals surface area contributed by atoms with Crippen LogP contribution in [-0.4, -0.2) is 19.3 Å². The highest BCUT2D eigenvalue weighted by molar-refractivity contribution is 7.93. The van der Waals surface area contributed by atoms with Gasteiger partial charge in [0.25, 0.3) is 15.9 Å². The smallest absolute Gasteiger partial charge is 0.263 e. The van der Waals surface area contributed by atoms with Crippen LogP contribution in [0.2, 0.25) is 0 Å². The molecule has 0 atom stereocenters. The van der Waals surface area contributed by atoms with Crippen LogP contribution in [0.25, 0.3) is 0 Å². The van der Waals surface area contributed by atoms with Crippen molar-refractivity contribution < 1.29 is 13.2 Å². The number of rotatable bonds is 6. The molecule has 1 amide bonds. The highest BCUT2D eigenvalue weighted by Gasteiger charge is 2.24. The number of hydrogen-bond acceptors (Lipinski definition) is 5. The van der Waals surface area contributed by atoms with E-state index in [-0.39, 0.29) is 16.3 Å². The number of hydrogen-bond donors (Lipinski definition) is 2. The predicted molar refractivity (Wildman–Crippen MR) is 102 cm³/mol. The zero-order chi connectivity index (χ0) is 18.6. The third-order valence-electron chi connectivity index (χ3n) is 3.58. The Bertz CT molecular complexity index is 998. The normalized spacial score (nSPS) is 11.1. The Morgan fingerprint density at radius 2 is 1.88 bits per heavy atom. The van der Waals surface area contributed by atoms with Gasteiger partial charge in [-0.05, 0) is 42.6 Å². The first-order valence-corrected chi connectivity index (χ1v) is 10.2. The summed E-state index contributed by atoms with van der Waals surface area (Å²) in [6.45, 7) is 2.14. The molecule has 0 aliphatic rings. The molecule has 6 nitrogen and oxygen atoms in total. The lowest BCUT2D eigenvalue weighted by Crippen LogP contribution is -2.25. The molecule has 26 heavy (non-hydrogen) atoms. The van der Waals surface area contributed by atoms with Crippen molar-refractivity contribution in [2.75, 3.05) is 4.72 Å². The fourth-order valence-electron chi connectivity index (χ4n) is 2.26. The van der Waals surface area contributed by atoms with Gasteiger partial charge in [-0.25, -0.2) is 8.42 Å². The van der Waals surface area contributed by atoms with Gasteiger partial charge in [0.15, 0.2) is 0 Å². The summed E-state index contributed by atoms with van der Waals surface area (Å²) in [7, 11) is -3.86. The summed E-state index contributed by atoms with van der Waals surface area (Å²) in [5, 5.41) is 4.28. The molecule has 134 valence electrons. The minimum atomic E-state index is -3.86. The second kappa shape index (κ2) is 7.67. The monoisotopic (exact) mass is 387 g/mol. The number of benzene rings is 1. The van der Waals surface area contributed by atoms with Gasteiger partial charge in [0.05, 0.1) is 12.2 Å². The summed E-state index contributed by atoms with van der Waals surface area (Å²) in [6.07, 6.45) is 1.63. The zero-order valence-corrected chi connectivity index (χ0v) is 15.6. The highest BCUT2D eigenvalue weighted by atomic mass is 32.2. The van der Waals surface area contributed by atoms with Gasteiger partial charge in [0, 0.05) is 11.9 Å². The van der Waals surface area contributed by atoms with Crippen molar-refractivity contribution >= 4 is 33.0 Å². The summed E-state index contributed by atoms with van der Waals surface area (Å²) in [5.41, 5.74) is 2.17. The third kappa shape index (κ3) is 4.27. The Morgan fingerprint density at radius 3 is 2.58 bits per heavy atom. The number of nitrogens with one attached hydrogen (secondary N) is 2. The molecule has 0 aliphatic heterocycles. The van der Waals surface area contributed by atoms with Crippen molar-refractivity contribution in [3.8, 4) is 0 Å². The molecule has 0 unspecified atom stereocenters. The molecule has 2 aromatic heterocycles. The minimum Gasteiger partial charge on any atom is -0.346 e. The number of carbonyl (C=O) groups is 1. The lowest BCUT2D eigenvalue weighted by Gasteiger charge is -2.09. The van der Waals surface area contributed by atoms with Gasteiger partial charge >= 0.3 is 0 Å². The lowest BCUT2D eigenvalue weighted by molar-refractivity contribution is 0.0951. The van der Waals surface area contributed by atoms with Crippen molar-refractivity contribution in [1.29, 1.82) is 0 Å². The van der Waals surface area contributed by atoms with E-state index in [1.54, 1.807) is 35.8 Å². The molecular weight excluding hydrogens is 370 g/mol. The van der Waals surface area contributed by atoms with Crippen LogP contribution in [0.5, 0.6) is 0 Å². The van der Waals surface area contributed by atoms with E-state index in [4.69, 9.17) is 0 Å². The van der Waals surface area contributed by atoms with Crippen LogP contribution in [0.3, 0.4) is 0 Å². The maximum Gasteiger partial charge on any atom is 0.263 e. The summed E-state index contributed by atoms with van der Waals surface area (Å²) in [4.78, 5) is 16.6. The fourth-order valence-corrected chi connectivity index (χ4v) is 4.66. The molecule has 0 fully saturated rings. The number of carbonyl (C=O) groups excluding carboxylic acids is 1. The Labute approximate surface area is 156 Å². The van der Waals surface area contributed by atoms with Crippen LogP contribution < -0.4 is 10.0 Å². The molecule has 0 saturated carbocycles. The van der Waals surface area contributed by atoms with E-state index in [0.717, 1.165) is 16.9 Å². The van der Waals surface area contributed by atoms with E-state index >= 15 is 0 Å². The van der Waals surface area contributed by atoms with Gasteiger partial charge in [-0.15, -0.1) is 11.3 Å². The molecule has 0 saturated heterocycles. The van der Waals surface area contributed by atoms with Crippen LogP contribution in [0, 0.1) is 6.92 Å². The van der Waals surface area contributed by atoms with Crippen molar-refractivity contribution in [3.05, 3.63) is 76.2 Å². The molecule has 8 heteroatoms. The molecular formula is C18H17N3O3S2. The predicted octanol–water partition coefficient (Wildman–Crippen LogP) is 3.18. The first-order valence-electron chi connectivity index (χ1n) is 7.81. The first kappa shape index (κ1) is 18.1. The standard InChI is InChI=1S/C18H17N3O3S2/c1-13-5-7-14(8-6-13)21-26(23,24)16-9-11-25-17(16)18(22)20-12-15-4-2-3-10-19-15/h2-11,21H,12H2,1H3,(H,20,22). The lowest BCUT2D eigenvalue weighted by atomic mass is 10.2. The van der Waals surface area contributed by atoms with Crippen LogP contribution in [0.4, 0.5) is 5.69 Å². The van der Waals surface area contributed by atoms with Gasteiger partial charge < -0.3 is 5.32 Å². The quantitative estimate of drug-likeness (QED) is 0.680. The highest BCUT2D eigenvalue weighted by Crippen LogP contribution is 2.24. The second-order valence-electron chi connectivity index (χ2n) is 5.59. The van der Waals surface area contributed by atoms with Crippen LogP contribution in [-0.2, 0) is 16.6 Å². The van der Waals surface area contributed by atoms with Crippen molar-refractivity contribution in [2.24, 2.45) is 0 Å². The molecule has 0 spiro atoms. The number of amides is 1. The molecule has 2 N–H and O–H groups in total. The Balaban J connectivity index is 1.76. The number of pyridine rings is 1. The van der Waals surface area contributed by atoms with Gasteiger partial charge in [-0.2, -0.15) is 0 Å². The van der Waals surface area contributed by atoms with E-state index in [2.05, 4.69) is 15.0 Å². The minimum absolute atomic E-state index is 0.0402. The van der Waals surface area contributed by atoms with Gasteiger partial charge in [-0.1, -0.05) is 23.8 Å². The van der Waals surface area contributed by atoms with Crippen molar-refractivity contribution in [2.45, 2.75) is 18.4 Å². The Kier molecular flexibility index (Phi) is 5.34. The number of anilines is 1. The van der Waals surface area contributed by atoms with Crippen LogP contribution in [0.15, 0.2) is 65.0 Å². The van der Waals surface area contributed by atoms with Crippen molar-refractivity contribution in [3.63, 3.8) is 0 Å². The molecule has 0 radical (unpaired) electrons. The van der Waals surface area contributed by atoms with Crippen LogP contribution in [0.1, 0.15) is 20.9 Å². The average molecular weight is 387 g/mol. The largest absolute Gasteiger partial charge is 0.346 e. The zero-order valence-electron chi connectivity index (χ0n) is 14.0. The van der Waals surface area contributed by atoms with Crippen LogP contribution >= 0.6 is 11.3 Å². The molecule has 0 aliphatic carbocycles. The number of thiophene rings is 1. The van der Waals surface area contributed by atoms with Crippen molar-refractivity contribution in [1.82, 2.24) is 10.3 Å². The van der Waals surface area contributed by atoms with Gasteiger partial charge in [0.1, 0.15) is 9.77 Å². The summed E-state index contributed by atoms with van der Waals surface area (Å²) >= 11 is 1.08. The van der Waals surface area contributed by atoms with E-state index in [1.165, 1.54) is 6.07 Å². The van der Waals surface area contributed by atoms with E-state index in [1.807, 2.05) is 25.1 Å². The fraction of sp³-hybridized carbons (Fsp3) is 0.111. The summed E-state index contributed by atoms with van der Waals surface area (Å²) in [6, 6.07) is 13.8. The third-order valence-corrected chi connectivity index (χ3v) is 6.05. The summed E-state index contributed by atoms with van der Waals surface area (Å²) in [5.74, 6) is -0.449. The second-order valence-corrected chi connectivity index (χ2v) is 8.16. The summed E-state index contributed by atoms with van der Waals surface area (Å²) < 4.78 is 27.8.